The standard InChI is InChI=1S/C22H27N3O7S/c1-29-18-4-2-3-5-19(18)30-13-8-23-22(26)24-9-11-25(12-10-24)33(27,28)17-6-7-20-21(16-17)32-15-14-31-20/h2-7,16H,8-15H2,1H3,(H,23,26). The molecule has 4 rings (SSSR count). The molecule has 1 saturated heterocycles. The van der Waals surface area contributed by atoms with Crippen LogP contribution in [0, 0.1) is 0 Å². The number of benzene rings is 2. The second kappa shape index (κ2) is 10.2. The van der Waals surface area contributed by atoms with Gasteiger partial charge in [-0.15, -0.1) is 0 Å². The number of carbonyl (C=O) groups excluding carboxylic acids is 1. The maximum Gasteiger partial charge on any atom is 0.317 e. The molecule has 0 aromatic heterocycles. The van der Waals surface area contributed by atoms with Crippen molar-refractivity contribution in [1.29, 1.82) is 0 Å². The van der Waals surface area contributed by atoms with E-state index in [4.69, 9.17) is 18.9 Å². The minimum absolute atomic E-state index is 0.151. The summed E-state index contributed by atoms with van der Waals surface area (Å²) < 4.78 is 49.3. The molecule has 10 nitrogen and oxygen atoms in total. The van der Waals surface area contributed by atoms with Gasteiger partial charge in [-0.25, -0.2) is 13.2 Å². The van der Waals surface area contributed by atoms with Gasteiger partial charge >= 0.3 is 6.03 Å². The van der Waals surface area contributed by atoms with Crippen LogP contribution in [0.15, 0.2) is 47.4 Å². The molecule has 2 aliphatic rings. The summed E-state index contributed by atoms with van der Waals surface area (Å²) in [6.07, 6.45) is 0. The van der Waals surface area contributed by atoms with Crippen LogP contribution in [0.2, 0.25) is 0 Å². The van der Waals surface area contributed by atoms with Crippen LogP contribution in [0.3, 0.4) is 0 Å². The highest BCUT2D eigenvalue weighted by molar-refractivity contribution is 7.89. The first-order chi connectivity index (χ1) is 16.0. The Hall–Kier alpha value is -3.18. The molecule has 33 heavy (non-hydrogen) atoms. The quantitative estimate of drug-likeness (QED) is 0.603. The van der Waals surface area contributed by atoms with Crippen LogP contribution in [0.4, 0.5) is 4.79 Å². The lowest BCUT2D eigenvalue weighted by Gasteiger charge is -2.34. The van der Waals surface area contributed by atoms with Crippen molar-refractivity contribution in [3.05, 3.63) is 42.5 Å². The van der Waals surface area contributed by atoms with E-state index in [0.29, 0.717) is 55.8 Å². The van der Waals surface area contributed by atoms with Crippen molar-refractivity contribution in [3.63, 3.8) is 0 Å². The maximum absolute atomic E-state index is 13.0. The number of hydrogen-bond donors (Lipinski definition) is 1. The average molecular weight is 478 g/mol. The maximum atomic E-state index is 13.0. The van der Waals surface area contributed by atoms with Crippen LogP contribution in [0.1, 0.15) is 0 Å². The second-order valence-corrected chi connectivity index (χ2v) is 9.37. The third kappa shape index (κ3) is 5.25. The molecule has 2 aliphatic heterocycles. The summed E-state index contributed by atoms with van der Waals surface area (Å²) in [5, 5.41) is 2.80. The summed E-state index contributed by atoms with van der Waals surface area (Å²) in [7, 11) is -2.13. The van der Waals surface area contributed by atoms with E-state index in [1.807, 2.05) is 12.1 Å². The average Bonchev–Trinajstić information content (AvgIpc) is 2.86. The fourth-order valence-electron chi connectivity index (χ4n) is 3.63. The molecular formula is C22H27N3O7S. The number of rotatable bonds is 7. The molecule has 0 aliphatic carbocycles. The number of carbonyl (C=O) groups is 1. The number of fused-ring (bicyclic) bond motifs is 1. The summed E-state index contributed by atoms with van der Waals surface area (Å²) in [5.41, 5.74) is 0. The Kier molecular flexibility index (Phi) is 7.09. The fraction of sp³-hybridized carbons (Fsp3) is 0.409. The molecule has 2 amide bonds. The lowest BCUT2D eigenvalue weighted by molar-refractivity contribution is 0.169. The van der Waals surface area contributed by atoms with Crippen molar-refractivity contribution < 1.29 is 32.2 Å². The van der Waals surface area contributed by atoms with Crippen molar-refractivity contribution in [2.75, 3.05) is 59.7 Å². The van der Waals surface area contributed by atoms with Crippen molar-refractivity contribution >= 4 is 16.1 Å². The number of hydrogen-bond acceptors (Lipinski definition) is 7. The van der Waals surface area contributed by atoms with Crippen molar-refractivity contribution in [3.8, 4) is 23.0 Å². The van der Waals surface area contributed by atoms with Gasteiger partial charge < -0.3 is 29.2 Å². The number of sulfonamides is 1. The summed E-state index contributed by atoms with van der Waals surface area (Å²) >= 11 is 0. The first kappa shape index (κ1) is 23.0. The molecular weight excluding hydrogens is 450 g/mol. The van der Waals surface area contributed by atoms with Gasteiger partial charge in [-0.3, -0.25) is 0 Å². The molecule has 2 heterocycles. The van der Waals surface area contributed by atoms with Crippen molar-refractivity contribution in [1.82, 2.24) is 14.5 Å². The fourth-order valence-corrected chi connectivity index (χ4v) is 5.07. The van der Waals surface area contributed by atoms with Gasteiger partial charge in [-0.2, -0.15) is 4.31 Å². The molecule has 0 spiro atoms. The number of para-hydroxylation sites is 2. The molecule has 0 bridgehead atoms. The van der Waals surface area contributed by atoms with Crippen LogP contribution in [0.25, 0.3) is 0 Å². The minimum atomic E-state index is -3.70. The normalized spacial score (nSPS) is 16.2. The lowest BCUT2D eigenvalue weighted by atomic mass is 10.3. The number of piperazine rings is 1. The van der Waals surface area contributed by atoms with Gasteiger partial charge in [0, 0.05) is 32.2 Å². The zero-order valence-electron chi connectivity index (χ0n) is 18.4. The van der Waals surface area contributed by atoms with Gasteiger partial charge in [-0.05, 0) is 24.3 Å². The van der Waals surface area contributed by atoms with Gasteiger partial charge in [0.15, 0.2) is 23.0 Å². The van der Waals surface area contributed by atoms with Crippen molar-refractivity contribution in [2.45, 2.75) is 4.90 Å². The third-order valence-electron chi connectivity index (χ3n) is 5.38. The molecule has 1 fully saturated rings. The van der Waals surface area contributed by atoms with Gasteiger partial charge in [0.2, 0.25) is 10.0 Å². The highest BCUT2D eigenvalue weighted by Gasteiger charge is 2.31. The minimum Gasteiger partial charge on any atom is -0.493 e. The monoisotopic (exact) mass is 477 g/mol. The SMILES string of the molecule is COc1ccccc1OCCNC(=O)N1CCN(S(=O)(=O)c2ccc3c(c2)OCCO3)CC1. The molecule has 2 aromatic carbocycles. The van der Waals surface area contributed by atoms with Gasteiger partial charge in [0.25, 0.3) is 0 Å². The summed E-state index contributed by atoms with van der Waals surface area (Å²) in [6.45, 7) is 2.43. The Bertz CT molecular complexity index is 1090. The number of urea groups is 1. The van der Waals surface area contributed by atoms with Crippen LogP contribution in [0.5, 0.6) is 23.0 Å². The Labute approximate surface area is 193 Å². The summed E-state index contributed by atoms with van der Waals surface area (Å²) in [5.74, 6) is 2.19. The zero-order valence-corrected chi connectivity index (χ0v) is 19.2. The van der Waals surface area contributed by atoms with Gasteiger partial charge in [0.05, 0.1) is 18.6 Å². The van der Waals surface area contributed by atoms with Crippen LogP contribution < -0.4 is 24.3 Å². The predicted octanol–water partition coefficient (Wildman–Crippen LogP) is 1.56. The molecule has 2 aromatic rings. The first-order valence-corrected chi connectivity index (χ1v) is 12.1. The van der Waals surface area contributed by atoms with E-state index in [9.17, 15) is 13.2 Å². The number of nitrogens with zero attached hydrogens (tertiary/aromatic N) is 2. The third-order valence-corrected chi connectivity index (χ3v) is 7.28. The Balaban J connectivity index is 1.25. The number of amides is 2. The molecule has 1 N–H and O–H groups in total. The van der Waals surface area contributed by atoms with E-state index in [1.165, 1.54) is 16.4 Å². The van der Waals surface area contributed by atoms with E-state index in [2.05, 4.69) is 5.32 Å². The van der Waals surface area contributed by atoms with Crippen LogP contribution in [-0.2, 0) is 10.0 Å². The molecule has 11 heteroatoms. The van der Waals surface area contributed by atoms with E-state index in [1.54, 1.807) is 30.2 Å². The number of ether oxygens (including phenoxy) is 4. The summed E-state index contributed by atoms with van der Waals surface area (Å²) in [4.78, 5) is 14.2. The largest absolute Gasteiger partial charge is 0.493 e. The Morgan fingerprint density at radius 2 is 1.70 bits per heavy atom. The first-order valence-electron chi connectivity index (χ1n) is 10.7. The Morgan fingerprint density at radius 1 is 1.00 bits per heavy atom. The van der Waals surface area contributed by atoms with Gasteiger partial charge in [-0.1, -0.05) is 12.1 Å². The molecule has 0 atom stereocenters. The smallest absolute Gasteiger partial charge is 0.317 e. The number of methoxy groups -OCH3 is 1. The van der Waals surface area contributed by atoms with Crippen LogP contribution >= 0.6 is 0 Å². The summed E-state index contributed by atoms with van der Waals surface area (Å²) in [6, 6.07) is 11.6. The van der Waals surface area contributed by atoms with E-state index < -0.39 is 10.0 Å². The molecule has 0 saturated carbocycles. The zero-order chi connectivity index (χ0) is 23.3. The number of nitrogens with one attached hydrogen (secondary N) is 1. The molecule has 0 unspecified atom stereocenters. The van der Waals surface area contributed by atoms with Crippen LogP contribution in [-0.4, -0.2) is 83.3 Å². The van der Waals surface area contributed by atoms with E-state index >= 15 is 0 Å². The second-order valence-electron chi connectivity index (χ2n) is 7.43. The van der Waals surface area contributed by atoms with Crippen molar-refractivity contribution in [2.24, 2.45) is 0 Å². The van der Waals surface area contributed by atoms with E-state index in [-0.39, 0.29) is 30.6 Å². The Morgan fingerprint density at radius 3 is 2.42 bits per heavy atom. The van der Waals surface area contributed by atoms with Gasteiger partial charge in [0.1, 0.15) is 19.8 Å². The van der Waals surface area contributed by atoms with E-state index in [0.717, 1.165) is 0 Å². The molecule has 178 valence electrons. The predicted molar refractivity (Wildman–Crippen MR) is 120 cm³/mol. The highest BCUT2D eigenvalue weighted by Crippen LogP contribution is 2.33. The highest BCUT2D eigenvalue weighted by atomic mass is 32.2. The molecule has 0 radical (unpaired) electrons. The topological polar surface area (TPSA) is 107 Å². The lowest BCUT2D eigenvalue weighted by Crippen LogP contribution is -2.53.